The second-order valence-electron chi connectivity index (χ2n) is 5.42. The van der Waals surface area contributed by atoms with Crippen molar-refractivity contribution in [1.82, 2.24) is 0 Å². The number of fused-ring (bicyclic) bond motifs is 1. The molecule has 1 atom stereocenters. The number of ether oxygens (including phenoxy) is 5. The Morgan fingerprint density at radius 2 is 1.56 bits per heavy atom. The summed E-state index contributed by atoms with van der Waals surface area (Å²) in [6, 6.07) is 6.66. The molecule has 7 heteroatoms. The molecule has 2 N–H and O–H groups in total. The van der Waals surface area contributed by atoms with Gasteiger partial charge in [0, 0.05) is 0 Å². The minimum Gasteiger partial charge on any atom is -0.493 e. The fourth-order valence-corrected chi connectivity index (χ4v) is 2.83. The predicted octanol–water partition coefficient (Wildman–Crippen LogP) is 2.02. The van der Waals surface area contributed by atoms with Crippen LogP contribution in [0.25, 0.3) is 0 Å². The van der Waals surface area contributed by atoms with E-state index in [1.165, 1.54) is 21.3 Å². The van der Waals surface area contributed by atoms with Crippen molar-refractivity contribution in [2.75, 3.05) is 28.1 Å². The van der Waals surface area contributed by atoms with Crippen molar-refractivity contribution in [3.63, 3.8) is 0 Å². The van der Waals surface area contributed by atoms with Crippen LogP contribution in [-0.2, 0) is 6.61 Å². The van der Waals surface area contributed by atoms with E-state index in [4.69, 9.17) is 23.7 Å². The molecule has 1 aliphatic rings. The van der Waals surface area contributed by atoms with Gasteiger partial charge in [-0.05, 0) is 41.0 Å². The molecule has 0 radical (unpaired) electrons. The summed E-state index contributed by atoms with van der Waals surface area (Å²) >= 11 is 0. The molecule has 7 nitrogen and oxygen atoms in total. The van der Waals surface area contributed by atoms with Crippen LogP contribution < -0.4 is 23.7 Å². The lowest BCUT2D eigenvalue weighted by Crippen LogP contribution is -2.06. The molecule has 0 amide bonds. The van der Waals surface area contributed by atoms with Gasteiger partial charge in [-0.2, -0.15) is 0 Å². The Bertz CT molecular complexity index is 747. The van der Waals surface area contributed by atoms with Crippen molar-refractivity contribution in [2.24, 2.45) is 0 Å². The van der Waals surface area contributed by atoms with Gasteiger partial charge in [-0.3, -0.25) is 0 Å². The zero-order valence-electron chi connectivity index (χ0n) is 14.2. The molecule has 0 spiro atoms. The molecule has 0 aliphatic carbocycles. The molecule has 0 fully saturated rings. The van der Waals surface area contributed by atoms with Crippen molar-refractivity contribution < 1.29 is 33.9 Å². The summed E-state index contributed by atoms with van der Waals surface area (Å²) in [6.07, 6.45) is -1.02. The molecule has 0 bridgehead atoms. The zero-order chi connectivity index (χ0) is 18.0. The first-order valence-corrected chi connectivity index (χ1v) is 7.64. The molecule has 25 heavy (non-hydrogen) atoms. The van der Waals surface area contributed by atoms with Crippen molar-refractivity contribution in [3.8, 4) is 28.7 Å². The van der Waals surface area contributed by atoms with Crippen molar-refractivity contribution >= 4 is 0 Å². The molecule has 0 unspecified atom stereocenters. The number of rotatable bonds is 6. The highest BCUT2D eigenvalue weighted by molar-refractivity contribution is 5.57. The van der Waals surface area contributed by atoms with Gasteiger partial charge in [-0.1, -0.05) is 0 Å². The number of aliphatic hydroxyl groups is 2. The zero-order valence-corrected chi connectivity index (χ0v) is 14.2. The lowest BCUT2D eigenvalue weighted by Gasteiger charge is -2.19. The van der Waals surface area contributed by atoms with E-state index in [0.717, 1.165) is 0 Å². The number of hydrogen-bond acceptors (Lipinski definition) is 7. The van der Waals surface area contributed by atoms with Crippen LogP contribution >= 0.6 is 0 Å². The van der Waals surface area contributed by atoms with E-state index < -0.39 is 6.10 Å². The average molecular weight is 348 g/mol. The highest BCUT2D eigenvalue weighted by atomic mass is 16.7. The van der Waals surface area contributed by atoms with Crippen molar-refractivity contribution in [1.29, 1.82) is 0 Å². The standard InChI is InChI=1S/C18H20O7/c1-21-15-4-10(5-16(22-2)18(15)23-3)17(20)12-7-14-13(24-9-25-14)6-11(12)8-19/h4-7,17,19-20H,8-9H2,1-3H3/t17-/m0/s1. The maximum atomic E-state index is 10.9. The maximum absolute atomic E-state index is 10.9. The SMILES string of the molecule is COc1cc([C@H](O)c2cc3c(cc2CO)OCO3)cc(OC)c1OC. The first-order chi connectivity index (χ1) is 12.1. The summed E-state index contributed by atoms with van der Waals surface area (Å²) in [5.74, 6) is 2.38. The number of methoxy groups -OCH3 is 3. The second-order valence-corrected chi connectivity index (χ2v) is 5.42. The monoisotopic (exact) mass is 348 g/mol. The normalized spacial score (nSPS) is 13.5. The van der Waals surface area contributed by atoms with Crippen molar-refractivity contribution in [3.05, 3.63) is 41.0 Å². The molecule has 134 valence electrons. The minimum absolute atomic E-state index is 0.115. The minimum atomic E-state index is -1.02. The van der Waals surface area contributed by atoms with Gasteiger partial charge < -0.3 is 33.9 Å². The second kappa shape index (κ2) is 7.08. The molecule has 3 rings (SSSR count). The van der Waals surface area contributed by atoms with Crippen LogP contribution in [0.4, 0.5) is 0 Å². The molecule has 0 saturated carbocycles. The van der Waals surface area contributed by atoms with E-state index in [1.807, 2.05) is 0 Å². The fraction of sp³-hybridized carbons (Fsp3) is 0.333. The molecular formula is C18H20O7. The van der Waals surface area contributed by atoms with Crippen LogP contribution in [0, 0.1) is 0 Å². The fourth-order valence-electron chi connectivity index (χ4n) is 2.83. The molecule has 2 aromatic rings. The Labute approximate surface area is 145 Å². The first-order valence-electron chi connectivity index (χ1n) is 7.64. The highest BCUT2D eigenvalue weighted by Crippen LogP contribution is 2.43. The molecule has 2 aromatic carbocycles. The molecule has 1 heterocycles. The summed E-state index contributed by atoms with van der Waals surface area (Å²) in [4.78, 5) is 0. The smallest absolute Gasteiger partial charge is 0.231 e. The van der Waals surface area contributed by atoms with E-state index in [-0.39, 0.29) is 13.4 Å². The lowest BCUT2D eigenvalue weighted by atomic mass is 9.95. The van der Waals surface area contributed by atoms with Gasteiger partial charge in [-0.15, -0.1) is 0 Å². The van der Waals surface area contributed by atoms with E-state index in [2.05, 4.69) is 0 Å². The van der Waals surface area contributed by atoms with Crippen LogP contribution in [0.15, 0.2) is 24.3 Å². The third-order valence-electron chi connectivity index (χ3n) is 4.10. The van der Waals surface area contributed by atoms with E-state index in [1.54, 1.807) is 24.3 Å². The van der Waals surface area contributed by atoms with Crippen LogP contribution in [0.2, 0.25) is 0 Å². The van der Waals surface area contributed by atoms with Crippen LogP contribution in [0.3, 0.4) is 0 Å². The number of benzene rings is 2. The lowest BCUT2D eigenvalue weighted by molar-refractivity contribution is 0.173. The maximum Gasteiger partial charge on any atom is 0.231 e. The quantitative estimate of drug-likeness (QED) is 0.826. The molecule has 0 saturated heterocycles. The van der Waals surface area contributed by atoms with Gasteiger partial charge in [0.05, 0.1) is 27.9 Å². The van der Waals surface area contributed by atoms with Crippen molar-refractivity contribution in [2.45, 2.75) is 12.7 Å². The van der Waals surface area contributed by atoms with Gasteiger partial charge >= 0.3 is 0 Å². The van der Waals surface area contributed by atoms with Crippen LogP contribution in [-0.4, -0.2) is 38.3 Å². The Morgan fingerprint density at radius 3 is 2.08 bits per heavy atom. The third kappa shape index (κ3) is 3.04. The number of aliphatic hydroxyl groups excluding tert-OH is 2. The van der Waals surface area contributed by atoms with Crippen LogP contribution in [0.5, 0.6) is 28.7 Å². The Balaban J connectivity index is 2.08. The van der Waals surface area contributed by atoms with Crippen LogP contribution in [0.1, 0.15) is 22.8 Å². The predicted molar refractivity (Wildman–Crippen MR) is 88.6 cm³/mol. The first kappa shape index (κ1) is 17.2. The van der Waals surface area contributed by atoms with Gasteiger partial charge in [-0.25, -0.2) is 0 Å². The molecular weight excluding hydrogens is 328 g/mol. The highest BCUT2D eigenvalue weighted by Gasteiger charge is 2.24. The Kier molecular flexibility index (Phi) is 4.87. The Hall–Kier alpha value is -2.64. The summed E-state index contributed by atoms with van der Waals surface area (Å²) < 4.78 is 26.6. The van der Waals surface area contributed by atoms with E-state index in [0.29, 0.717) is 45.4 Å². The summed E-state index contributed by atoms with van der Waals surface area (Å²) in [5.41, 5.74) is 1.59. The molecule has 1 aliphatic heterocycles. The summed E-state index contributed by atoms with van der Waals surface area (Å²) in [5, 5.41) is 20.5. The summed E-state index contributed by atoms with van der Waals surface area (Å²) in [7, 11) is 4.53. The van der Waals surface area contributed by atoms with E-state index >= 15 is 0 Å². The topological polar surface area (TPSA) is 86.6 Å². The van der Waals surface area contributed by atoms with Gasteiger partial charge in [0.1, 0.15) is 6.10 Å². The van der Waals surface area contributed by atoms with Gasteiger partial charge in [0.25, 0.3) is 0 Å². The Morgan fingerprint density at radius 1 is 0.960 bits per heavy atom. The third-order valence-corrected chi connectivity index (χ3v) is 4.10. The molecule has 0 aromatic heterocycles. The number of hydrogen-bond donors (Lipinski definition) is 2. The van der Waals surface area contributed by atoms with E-state index in [9.17, 15) is 10.2 Å². The average Bonchev–Trinajstić information content (AvgIpc) is 3.12. The van der Waals surface area contributed by atoms with Gasteiger partial charge in [0.15, 0.2) is 23.0 Å². The summed E-state index contributed by atoms with van der Waals surface area (Å²) in [6.45, 7) is -0.128. The largest absolute Gasteiger partial charge is 0.493 e. The van der Waals surface area contributed by atoms with Gasteiger partial charge in [0.2, 0.25) is 12.5 Å².